The number of nitrogens with one attached hydrogen (secondary N) is 1. The average molecular weight is 241 g/mol. The molecule has 16 heavy (non-hydrogen) atoms. The average Bonchev–Trinajstić information content (AvgIpc) is 2.88. The highest BCUT2D eigenvalue weighted by atomic mass is 32.1. The first-order chi connectivity index (χ1) is 7.64. The molecule has 2 N–H and O–H groups in total. The molecule has 1 unspecified atom stereocenters. The molecular formula is C10H11NO4S. The summed E-state index contributed by atoms with van der Waals surface area (Å²) in [6.07, 6.45) is 0.304. The summed E-state index contributed by atoms with van der Waals surface area (Å²) in [5.41, 5.74) is -0.781. The van der Waals surface area contributed by atoms with Gasteiger partial charge in [0.2, 0.25) is 0 Å². The second kappa shape index (κ2) is 4.23. The molecule has 2 rings (SSSR count). The number of thiophene rings is 1. The summed E-state index contributed by atoms with van der Waals surface area (Å²) in [5, 5.41) is 15.1. The highest BCUT2D eigenvalue weighted by molar-refractivity contribution is 7.08. The number of carboxylic acids is 1. The second-order valence-corrected chi connectivity index (χ2v) is 4.44. The highest BCUT2D eigenvalue weighted by Crippen LogP contribution is 2.20. The van der Waals surface area contributed by atoms with E-state index >= 15 is 0 Å². The number of carbonyl (C=O) groups excluding carboxylic acids is 1. The molecule has 1 saturated heterocycles. The largest absolute Gasteiger partial charge is 0.479 e. The van der Waals surface area contributed by atoms with Crippen molar-refractivity contribution >= 4 is 23.2 Å². The number of hydrogen-bond donors (Lipinski definition) is 2. The van der Waals surface area contributed by atoms with E-state index in [9.17, 15) is 9.59 Å². The molecule has 1 aliphatic rings. The molecule has 1 aromatic rings. The fourth-order valence-corrected chi connectivity index (χ4v) is 2.20. The molecule has 1 aliphatic heterocycles. The topological polar surface area (TPSA) is 75.6 Å². The number of hydrogen-bond acceptors (Lipinski definition) is 4. The Morgan fingerprint density at radius 3 is 2.88 bits per heavy atom. The third-order valence-electron chi connectivity index (χ3n) is 2.57. The normalized spacial score (nSPS) is 24.2. The fourth-order valence-electron chi connectivity index (χ4n) is 1.57. The molecule has 1 fully saturated rings. The summed E-state index contributed by atoms with van der Waals surface area (Å²) in [6.45, 7) is 0.383. The number of aliphatic carboxylic acids is 1. The number of carboxylic acid groups (broad SMARTS) is 1. The summed E-state index contributed by atoms with van der Waals surface area (Å²) in [4.78, 5) is 22.9. The molecule has 2 heterocycles. The van der Waals surface area contributed by atoms with Crippen LogP contribution in [0.5, 0.6) is 0 Å². The molecule has 0 bridgehead atoms. The van der Waals surface area contributed by atoms with Crippen LogP contribution in [0.2, 0.25) is 0 Å². The Bertz CT molecular complexity index is 395. The van der Waals surface area contributed by atoms with Crippen LogP contribution in [0.25, 0.3) is 0 Å². The predicted molar refractivity (Wildman–Crippen MR) is 57.6 cm³/mol. The van der Waals surface area contributed by atoms with Gasteiger partial charge in [-0.25, -0.2) is 4.79 Å². The molecule has 1 amide bonds. The van der Waals surface area contributed by atoms with Gasteiger partial charge in [-0.05, 0) is 11.4 Å². The van der Waals surface area contributed by atoms with Crippen molar-refractivity contribution < 1.29 is 19.4 Å². The van der Waals surface area contributed by atoms with Crippen molar-refractivity contribution in [1.29, 1.82) is 0 Å². The Hall–Kier alpha value is -1.40. The van der Waals surface area contributed by atoms with Gasteiger partial charge in [0.25, 0.3) is 5.91 Å². The Balaban J connectivity index is 2.13. The van der Waals surface area contributed by atoms with Gasteiger partial charge < -0.3 is 15.2 Å². The predicted octanol–water partition coefficient (Wildman–Crippen LogP) is 0.722. The lowest BCUT2D eigenvalue weighted by atomic mass is 9.98. The summed E-state index contributed by atoms with van der Waals surface area (Å²) in [5.74, 6) is -1.41. The van der Waals surface area contributed by atoms with E-state index in [2.05, 4.69) is 5.32 Å². The van der Waals surface area contributed by atoms with Gasteiger partial charge in [-0.3, -0.25) is 4.79 Å². The molecule has 0 spiro atoms. The van der Waals surface area contributed by atoms with Crippen LogP contribution < -0.4 is 5.32 Å². The third kappa shape index (κ3) is 1.94. The Labute approximate surface area is 96.0 Å². The van der Waals surface area contributed by atoms with Crippen LogP contribution in [0.15, 0.2) is 16.8 Å². The van der Waals surface area contributed by atoms with Crippen molar-refractivity contribution in [3.8, 4) is 0 Å². The Morgan fingerprint density at radius 1 is 1.56 bits per heavy atom. The lowest BCUT2D eigenvalue weighted by Crippen LogP contribution is -2.55. The number of carbonyl (C=O) groups is 2. The third-order valence-corrected chi connectivity index (χ3v) is 3.25. The maximum absolute atomic E-state index is 11.7. The van der Waals surface area contributed by atoms with Crippen LogP contribution in [0.4, 0.5) is 0 Å². The van der Waals surface area contributed by atoms with Crippen LogP contribution >= 0.6 is 11.3 Å². The second-order valence-electron chi connectivity index (χ2n) is 3.66. The number of rotatable bonds is 3. The summed E-state index contributed by atoms with van der Waals surface area (Å²) < 4.78 is 5.05. The van der Waals surface area contributed by atoms with Crippen LogP contribution in [0.1, 0.15) is 16.8 Å². The first kappa shape index (κ1) is 11.1. The maximum atomic E-state index is 11.7. The minimum atomic E-state index is -1.26. The van der Waals surface area contributed by atoms with Gasteiger partial charge in [0.1, 0.15) is 0 Å². The minimum Gasteiger partial charge on any atom is -0.479 e. The smallest absolute Gasteiger partial charge is 0.331 e. The molecule has 5 nitrogen and oxygen atoms in total. The zero-order valence-electron chi connectivity index (χ0n) is 8.43. The van der Waals surface area contributed by atoms with Crippen molar-refractivity contribution in [2.45, 2.75) is 12.0 Å². The molecule has 1 aromatic heterocycles. The summed E-state index contributed by atoms with van der Waals surface area (Å²) >= 11 is 1.39. The molecular weight excluding hydrogens is 230 g/mol. The van der Waals surface area contributed by atoms with Crippen LogP contribution in [-0.4, -0.2) is 35.7 Å². The van der Waals surface area contributed by atoms with Gasteiger partial charge in [0.15, 0.2) is 5.54 Å². The van der Waals surface area contributed by atoms with Gasteiger partial charge in [-0.15, -0.1) is 0 Å². The standard InChI is InChI=1S/C10H11NO4S/c12-8(7-1-4-16-5-7)11-10(9(13)14)2-3-15-6-10/h1,4-5H,2-3,6H2,(H,11,12)(H,13,14). The van der Waals surface area contributed by atoms with Crippen molar-refractivity contribution in [2.75, 3.05) is 13.2 Å². The van der Waals surface area contributed by atoms with E-state index in [0.717, 1.165) is 0 Å². The summed E-state index contributed by atoms with van der Waals surface area (Å²) in [7, 11) is 0. The van der Waals surface area contributed by atoms with Gasteiger partial charge in [-0.2, -0.15) is 11.3 Å². The van der Waals surface area contributed by atoms with Gasteiger partial charge in [0.05, 0.1) is 12.2 Å². The van der Waals surface area contributed by atoms with Crippen molar-refractivity contribution in [3.05, 3.63) is 22.4 Å². The lowest BCUT2D eigenvalue weighted by molar-refractivity contribution is -0.144. The zero-order valence-corrected chi connectivity index (χ0v) is 9.25. The molecule has 86 valence electrons. The van der Waals surface area contributed by atoms with Gasteiger partial charge >= 0.3 is 5.97 Å². The monoisotopic (exact) mass is 241 g/mol. The zero-order chi connectivity index (χ0) is 11.6. The molecule has 0 aliphatic carbocycles. The SMILES string of the molecule is O=C(NC1(C(=O)O)CCOC1)c1ccsc1. The van der Waals surface area contributed by atoms with E-state index in [0.29, 0.717) is 18.6 Å². The van der Waals surface area contributed by atoms with E-state index in [1.54, 1.807) is 16.8 Å². The van der Waals surface area contributed by atoms with Crippen LogP contribution in [0, 0.1) is 0 Å². The van der Waals surface area contributed by atoms with Crippen LogP contribution in [-0.2, 0) is 9.53 Å². The lowest BCUT2D eigenvalue weighted by Gasteiger charge is -2.23. The van der Waals surface area contributed by atoms with E-state index in [1.807, 2.05) is 0 Å². The highest BCUT2D eigenvalue weighted by Gasteiger charge is 2.44. The number of ether oxygens (including phenoxy) is 1. The Kier molecular flexibility index (Phi) is 2.93. The first-order valence-electron chi connectivity index (χ1n) is 4.80. The van der Waals surface area contributed by atoms with E-state index < -0.39 is 11.5 Å². The van der Waals surface area contributed by atoms with Crippen molar-refractivity contribution in [1.82, 2.24) is 5.32 Å². The van der Waals surface area contributed by atoms with E-state index in [4.69, 9.17) is 9.84 Å². The summed E-state index contributed by atoms with van der Waals surface area (Å²) in [6, 6.07) is 1.66. The molecule has 0 saturated carbocycles. The van der Waals surface area contributed by atoms with E-state index in [1.165, 1.54) is 11.3 Å². The van der Waals surface area contributed by atoms with Gasteiger partial charge in [0, 0.05) is 18.4 Å². The fraction of sp³-hybridized carbons (Fsp3) is 0.400. The number of amides is 1. The van der Waals surface area contributed by atoms with Crippen molar-refractivity contribution in [3.63, 3.8) is 0 Å². The maximum Gasteiger partial charge on any atom is 0.331 e. The quantitative estimate of drug-likeness (QED) is 0.817. The molecule has 6 heteroatoms. The van der Waals surface area contributed by atoms with Crippen molar-refractivity contribution in [2.24, 2.45) is 0 Å². The first-order valence-corrected chi connectivity index (χ1v) is 5.74. The van der Waals surface area contributed by atoms with Crippen LogP contribution in [0.3, 0.4) is 0 Å². The molecule has 0 radical (unpaired) electrons. The van der Waals surface area contributed by atoms with E-state index in [-0.39, 0.29) is 12.5 Å². The minimum absolute atomic E-state index is 0.0260. The molecule has 1 atom stereocenters. The Morgan fingerprint density at radius 2 is 2.38 bits per heavy atom. The molecule has 0 aromatic carbocycles. The van der Waals surface area contributed by atoms with Gasteiger partial charge in [-0.1, -0.05) is 0 Å².